The minimum absolute atomic E-state index is 0.113. The molecule has 0 amide bonds. The Kier molecular flexibility index (Phi) is 4.47. The molecule has 7 heteroatoms. The van der Waals surface area contributed by atoms with Gasteiger partial charge in [-0.25, -0.2) is 0 Å². The maximum atomic E-state index is 12.5. The van der Waals surface area contributed by atoms with Crippen LogP contribution in [0.5, 0.6) is 0 Å². The summed E-state index contributed by atoms with van der Waals surface area (Å²) >= 11 is 0. The second-order valence-corrected chi connectivity index (χ2v) is 7.22. The predicted molar refractivity (Wildman–Crippen MR) is 70.9 cm³/mol. The lowest BCUT2D eigenvalue weighted by Crippen LogP contribution is -2.49. The van der Waals surface area contributed by atoms with Crippen molar-refractivity contribution in [1.29, 1.82) is 0 Å². The zero-order valence-electron chi connectivity index (χ0n) is 11.3. The maximum absolute atomic E-state index is 12.5. The van der Waals surface area contributed by atoms with E-state index in [0.29, 0.717) is 32.5 Å². The summed E-state index contributed by atoms with van der Waals surface area (Å²) in [7, 11) is -3.40. The van der Waals surface area contributed by atoms with Gasteiger partial charge in [0.05, 0.1) is 5.92 Å². The lowest BCUT2D eigenvalue weighted by molar-refractivity contribution is -0.142. The Bertz CT molecular complexity index is 429. The number of carboxylic acid groups (broad SMARTS) is 1. The second kappa shape index (κ2) is 5.76. The van der Waals surface area contributed by atoms with E-state index in [2.05, 4.69) is 0 Å². The highest BCUT2D eigenvalue weighted by atomic mass is 32.2. The van der Waals surface area contributed by atoms with Gasteiger partial charge in [0.1, 0.15) is 0 Å². The third-order valence-corrected chi connectivity index (χ3v) is 6.31. The fourth-order valence-corrected chi connectivity index (χ4v) is 4.96. The van der Waals surface area contributed by atoms with Crippen molar-refractivity contribution in [2.75, 3.05) is 19.6 Å². The molecule has 1 N–H and O–H groups in total. The molecule has 2 fully saturated rings. The van der Waals surface area contributed by atoms with Gasteiger partial charge in [-0.05, 0) is 32.1 Å². The molecule has 0 aromatic heterocycles. The van der Waals surface area contributed by atoms with Crippen LogP contribution in [0.3, 0.4) is 0 Å². The molecule has 0 spiro atoms. The van der Waals surface area contributed by atoms with E-state index in [1.54, 1.807) is 4.31 Å². The zero-order valence-corrected chi connectivity index (χ0v) is 12.1. The highest BCUT2D eigenvalue weighted by Gasteiger charge is 2.39. The van der Waals surface area contributed by atoms with E-state index in [4.69, 9.17) is 5.11 Å². The van der Waals surface area contributed by atoms with Gasteiger partial charge in [0.2, 0.25) is 0 Å². The van der Waals surface area contributed by atoms with E-state index in [1.165, 1.54) is 4.31 Å². The van der Waals surface area contributed by atoms with Crippen molar-refractivity contribution < 1.29 is 18.3 Å². The van der Waals surface area contributed by atoms with Gasteiger partial charge >= 0.3 is 5.97 Å². The van der Waals surface area contributed by atoms with Gasteiger partial charge in [-0.3, -0.25) is 4.79 Å². The summed E-state index contributed by atoms with van der Waals surface area (Å²) < 4.78 is 28.1. The van der Waals surface area contributed by atoms with Crippen LogP contribution < -0.4 is 0 Å². The largest absolute Gasteiger partial charge is 0.481 e. The van der Waals surface area contributed by atoms with Crippen LogP contribution >= 0.6 is 0 Å². The summed E-state index contributed by atoms with van der Waals surface area (Å²) in [6.07, 6.45) is 3.52. The first-order valence-electron chi connectivity index (χ1n) is 6.96. The smallest absolute Gasteiger partial charge is 0.306 e. The van der Waals surface area contributed by atoms with Crippen LogP contribution in [0.15, 0.2) is 0 Å². The summed E-state index contributed by atoms with van der Waals surface area (Å²) in [6, 6.07) is 0.113. The number of rotatable bonds is 4. The molecule has 2 saturated heterocycles. The Morgan fingerprint density at radius 2 is 1.84 bits per heavy atom. The normalized spacial score (nSPS) is 27.7. The van der Waals surface area contributed by atoms with Crippen LogP contribution in [0.25, 0.3) is 0 Å². The number of hydrogen-bond donors (Lipinski definition) is 1. The Hall–Kier alpha value is -0.660. The molecule has 2 aliphatic heterocycles. The Morgan fingerprint density at radius 3 is 2.37 bits per heavy atom. The molecule has 19 heavy (non-hydrogen) atoms. The van der Waals surface area contributed by atoms with E-state index in [-0.39, 0.29) is 6.04 Å². The summed E-state index contributed by atoms with van der Waals surface area (Å²) in [5.41, 5.74) is 0. The molecule has 0 aliphatic carbocycles. The number of hydrogen-bond acceptors (Lipinski definition) is 3. The maximum Gasteiger partial charge on any atom is 0.306 e. The summed E-state index contributed by atoms with van der Waals surface area (Å²) in [6.45, 7) is 3.26. The van der Waals surface area contributed by atoms with Crippen LogP contribution in [0.2, 0.25) is 0 Å². The number of piperidine rings is 1. The van der Waals surface area contributed by atoms with E-state index < -0.39 is 22.1 Å². The van der Waals surface area contributed by atoms with Crippen molar-refractivity contribution in [3.05, 3.63) is 0 Å². The standard InChI is InChI=1S/C12H22N2O4S/c1-2-11-4-3-7-14(11)19(17,18)13-8-5-10(6-9-13)12(15)16/h10-11H,2-9H2,1H3,(H,15,16). The summed E-state index contributed by atoms with van der Waals surface area (Å²) in [4.78, 5) is 10.9. The van der Waals surface area contributed by atoms with Gasteiger partial charge in [-0.15, -0.1) is 0 Å². The Labute approximate surface area is 114 Å². The van der Waals surface area contributed by atoms with Gasteiger partial charge in [0.25, 0.3) is 10.2 Å². The quantitative estimate of drug-likeness (QED) is 0.834. The fraction of sp³-hybridized carbons (Fsp3) is 0.917. The van der Waals surface area contributed by atoms with Crippen molar-refractivity contribution in [1.82, 2.24) is 8.61 Å². The van der Waals surface area contributed by atoms with Gasteiger partial charge in [-0.1, -0.05) is 6.92 Å². The van der Waals surface area contributed by atoms with Crippen molar-refractivity contribution in [3.63, 3.8) is 0 Å². The van der Waals surface area contributed by atoms with Gasteiger partial charge in [-0.2, -0.15) is 17.0 Å². The van der Waals surface area contributed by atoms with Gasteiger partial charge in [0.15, 0.2) is 0 Å². The molecule has 0 aromatic carbocycles. The Balaban J connectivity index is 2.03. The van der Waals surface area contributed by atoms with E-state index in [0.717, 1.165) is 19.3 Å². The minimum Gasteiger partial charge on any atom is -0.481 e. The monoisotopic (exact) mass is 290 g/mol. The van der Waals surface area contributed by atoms with Crippen molar-refractivity contribution in [3.8, 4) is 0 Å². The number of nitrogens with zero attached hydrogens (tertiary/aromatic N) is 2. The predicted octanol–water partition coefficient (Wildman–Crippen LogP) is 0.902. The van der Waals surface area contributed by atoms with Crippen LogP contribution in [-0.4, -0.2) is 53.8 Å². The van der Waals surface area contributed by atoms with Crippen LogP contribution in [-0.2, 0) is 15.0 Å². The first kappa shape index (κ1) is 14.7. The molecule has 2 rings (SSSR count). The van der Waals surface area contributed by atoms with Crippen molar-refractivity contribution >= 4 is 16.2 Å². The summed E-state index contributed by atoms with van der Waals surface area (Å²) in [5, 5.41) is 8.94. The number of carboxylic acids is 1. The molecular formula is C12H22N2O4S. The lowest BCUT2D eigenvalue weighted by Gasteiger charge is -2.34. The average molecular weight is 290 g/mol. The van der Waals surface area contributed by atoms with Crippen LogP contribution in [0, 0.1) is 5.92 Å². The van der Waals surface area contributed by atoms with E-state index in [1.807, 2.05) is 6.92 Å². The topological polar surface area (TPSA) is 77.9 Å². The van der Waals surface area contributed by atoms with E-state index in [9.17, 15) is 13.2 Å². The number of carbonyl (C=O) groups is 1. The summed E-state index contributed by atoms with van der Waals surface area (Å²) in [5.74, 6) is -1.21. The number of aliphatic carboxylic acids is 1. The average Bonchev–Trinajstić information content (AvgIpc) is 2.87. The third kappa shape index (κ3) is 2.93. The first-order chi connectivity index (χ1) is 8.96. The SMILES string of the molecule is CCC1CCCN1S(=O)(=O)N1CCC(C(=O)O)CC1. The molecule has 6 nitrogen and oxygen atoms in total. The van der Waals surface area contributed by atoms with Gasteiger partial charge in [0, 0.05) is 25.7 Å². The minimum atomic E-state index is -3.40. The fourth-order valence-electron chi connectivity index (χ4n) is 3.00. The molecule has 0 bridgehead atoms. The highest BCUT2D eigenvalue weighted by Crippen LogP contribution is 2.28. The molecule has 0 radical (unpaired) electrons. The zero-order chi connectivity index (χ0) is 14.0. The molecule has 0 aromatic rings. The molecule has 1 unspecified atom stereocenters. The Morgan fingerprint density at radius 1 is 1.21 bits per heavy atom. The molecular weight excluding hydrogens is 268 g/mol. The lowest BCUT2D eigenvalue weighted by atomic mass is 9.99. The molecule has 2 aliphatic rings. The molecule has 1 atom stereocenters. The van der Waals surface area contributed by atoms with Crippen LogP contribution in [0.4, 0.5) is 0 Å². The first-order valence-corrected chi connectivity index (χ1v) is 8.36. The van der Waals surface area contributed by atoms with Crippen molar-refractivity contribution in [2.24, 2.45) is 5.92 Å². The molecule has 2 heterocycles. The third-order valence-electron chi connectivity index (χ3n) is 4.22. The van der Waals surface area contributed by atoms with Crippen LogP contribution in [0.1, 0.15) is 39.0 Å². The molecule has 110 valence electrons. The van der Waals surface area contributed by atoms with E-state index >= 15 is 0 Å². The highest BCUT2D eigenvalue weighted by molar-refractivity contribution is 7.86. The van der Waals surface area contributed by atoms with Crippen molar-refractivity contribution in [2.45, 2.75) is 45.1 Å². The van der Waals surface area contributed by atoms with Gasteiger partial charge < -0.3 is 5.11 Å². The second-order valence-electron chi connectivity index (χ2n) is 5.33. The molecule has 0 saturated carbocycles.